The van der Waals surface area contributed by atoms with Crippen LogP contribution in [0, 0.1) is 11.3 Å². The zero-order valence-electron chi connectivity index (χ0n) is 15.2. The van der Waals surface area contributed by atoms with Crippen LogP contribution in [-0.4, -0.2) is 63.2 Å². The Labute approximate surface area is 145 Å². The zero-order chi connectivity index (χ0) is 17.4. The summed E-state index contributed by atoms with van der Waals surface area (Å²) in [5.41, 5.74) is 0.0858. The van der Waals surface area contributed by atoms with Crippen molar-refractivity contribution in [2.75, 3.05) is 46.4 Å². The Bertz CT molecular complexity index is 408. The Morgan fingerprint density at radius 3 is 2.50 bits per heavy atom. The van der Waals surface area contributed by atoms with Crippen molar-refractivity contribution in [3.05, 3.63) is 0 Å². The van der Waals surface area contributed by atoms with Crippen LogP contribution in [0.25, 0.3) is 0 Å². The molecule has 2 fully saturated rings. The molecule has 6 heteroatoms. The molecule has 2 amide bonds. The van der Waals surface area contributed by atoms with Gasteiger partial charge in [0.15, 0.2) is 0 Å². The molecule has 138 valence electrons. The standard InChI is InChI=1S/C18H33N3O3/c1-15(22)21-11-5-16(6-12-21)3-4-17(23)20-13-18(14-24-2)7-9-19-10-8-18/h16,19H,3-14H2,1-2H3,(H,20,23). The second kappa shape index (κ2) is 9.37. The molecule has 2 saturated heterocycles. The van der Waals surface area contributed by atoms with E-state index in [1.807, 2.05) is 4.90 Å². The first-order valence-electron chi connectivity index (χ1n) is 9.26. The van der Waals surface area contributed by atoms with Crippen molar-refractivity contribution < 1.29 is 14.3 Å². The third-order valence-corrected chi connectivity index (χ3v) is 5.61. The molecule has 0 atom stereocenters. The van der Waals surface area contributed by atoms with Crippen LogP contribution >= 0.6 is 0 Å². The maximum atomic E-state index is 12.2. The lowest BCUT2D eigenvalue weighted by Gasteiger charge is -2.37. The number of hydrogen-bond donors (Lipinski definition) is 2. The van der Waals surface area contributed by atoms with Gasteiger partial charge in [0.2, 0.25) is 11.8 Å². The lowest BCUT2D eigenvalue weighted by molar-refractivity contribution is -0.130. The maximum Gasteiger partial charge on any atom is 0.220 e. The number of carbonyl (C=O) groups is 2. The van der Waals surface area contributed by atoms with E-state index in [0.717, 1.165) is 58.3 Å². The summed E-state index contributed by atoms with van der Waals surface area (Å²) in [6.07, 6.45) is 5.65. The predicted molar refractivity (Wildman–Crippen MR) is 93.6 cm³/mol. The highest BCUT2D eigenvalue weighted by Crippen LogP contribution is 2.28. The van der Waals surface area contributed by atoms with Crippen LogP contribution in [0.5, 0.6) is 0 Å². The fraction of sp³-hybridized carbons (Fsp3) is 0.889. The summed E-state index contributed by atoms with van der Waals surface area (Å²) in [7, 11) is 1.74. The fourth-order valence-electron chi connectivity index (χ4n) is 3.88. The molecule has 2 aliphatic rings. The van der Waals surface area contributed by atoms with Gasteiger partial charge in [0.05, 0.1) is 6.61 Å². The van der Waals surface area contributed by atoms with Gasteiger partial charge in [-0.3, -0.25) is 9.59 Å². The highest BCUT2D eigenvalue weighted by molar-refractivity contribution is 5.76. The fourth-order valence-corrected chi connectivity index (χ4v) is 3.88. The third kappa shape index (κ3) is 5.74. The van der Waals surface area contributed by atoms with Crippen LogP contribution in [0.15, 0.2) is 0 Å². The van der Waals surface area contributed by atoms with Crippen molar-refractivity contribution in [2.24, 2.45) is 11.3 Å². The number of ether oxygens (including phenoxy) is 1. The minimum Gasteiger partial charge on any atom is -0.384 e. The summed E-state index contributed by atoms with van der Waals surface area (Å²) in [5.74, 6) is 0.882. The minimum absolute atomic E-state index is 0.0858. The van der Waals surface area contributed by atoms with E-state index in [0.29, 0.717) is 25.5 Å². The number of methoxy groups -OCH3 is 1. The highest BCUT2D eigenvalue weighted by atomic mass is 16.5. The number of likely N-dealkylation sites (tertiary alicyclic amines) is 1. The highest BCUT2D eigenvalue weighted by Gasteiger charge is 2.32. The van der Waals surface area contributed by atoms with Gasteiger partial charge in [0.25, 0.3) is 0 Å². The molecule has 2 N–H and O–H groups in total. The van der Waals surface area contributed by atoms with Gasteiger partial charge in [-0.05, 0) is 51.1 Å². The van der Waals surface area contributed by atoms with Crippen LogP contribution in [0.3, 0.4) is 0 Å². The molecule has 2 rings (SSSR count). The number of nitrogens with zero attached hydrogens (tertiary/aromatic N) is 1. The molecule has 0 unspecified atom stereocenters. The number of hydrogen-bond acceptors (Lipinski definition) is 4. The van der Waals surface area contributed by atoms with Crippen molar-refractivity contribution in [3.8, 4) is 0 Å². The van der Waals surface area contributed by atoms with Gasteiger partial charge in [-0.1, -0.05) is 0 Å². The van der Waals surface area contributed by atoms with E-state index in [1.165, 1.54) is 0 Å². The Hall–Kier alpha value is -1.14. The molecule has 6 nitrogen and oxygen atoms in total. The summed E-state index contributed by atoms with van der Waals surface area (Å²) < 4.78 is 5.39. The Balaban J connectivity index is 1.67. The maximum absolute atomic E-state index is 12.2. The molecule has 0 aromatic carbocycles. The second-order valence-corrected chi connectivity index (χ2v) is 7.45. The molecule has 0 bridgehead atoms. The summed E-state index contributed by atoms with van der Waals surface area (Å²) in [6.45, 7) is 6.71. The van der Waals surface area contributed by atoms with Crippen LogP contribution in [0.2, 0.25) is 0 Å². The Morgan fingerprint density at radius 2 is 1.92 bits per heavy atom. The number of nitrogens with one attached hydrogen (secondary N) is 2. The minimum atomic E-state index is 0.0858. The van der Waals surface area contributed by atoms with Crippen molar-refractivity contribution in [1.29, 1.82) is 0 Å². The molecule has 0 spiro atoms. The lowest BCUT2D eigenvalue weighted by atomic mass is 9.79. The Morgan fingerprint density at radius 1 is 1.25 bits per heavy atom. The van der Waals surface area contributed by atoms with Crippen molar-refractivity contribution in [2.45, 2.75) is 45.4 Å². The van der Waals surface area contributed by atoms with E-state index >= 15 is 0 Å². The van der Waals surface area contributed by atoms with E-state index in [4.69, 9.17) is 4.74 Å². The first kappa shape index (κ1) is 19.2. The van der Waals surface area contributed by atoms with Gasteiger partial charge in [-0.2, -0.15) is 0 Å². The largest absolute Gasteiger partial charge is 0.384 e. The molecule has 2 aliphatic heterocycles. The van der Waals surface area contributed by atoms with E-state index in [1.54, 1.807) is 14.0 Å². The molecule has 0 radical (unpaired) electrons. The van der Waals surface area contributed by atoms with Crippen molar-refractivity contribution in [3.63, 3.8) is 0 Å². The van der Waals surface area contributed by atoms with Gasteiger partial charge >= 0.3 is 0 Å². The summed E-state index contributed by atoms with van der Waals surface area (Å²) >= 11 is 0. The average molecular weight is 339 g/mol. The number of piperidine rings is 2. The Kier molecular flexibility index (Phi) is 7.49. The molecular formula is C18H33N3O3. The molecule has 0 aromatic rings. The summed E-state index contributed by atoms with van der Waals surface area (Å²) in [6, 6.07) is 0. The zero-order valence-corrected chi connectivity index (χ0v) is 15.2. The lowest BCUT2D eigenvalue weighted by Crippen LogP contribution is -2.47. The number of carbonyl (C=O) groups excluding carboxylic acids is 2. The first-order valence-corrected chi connectivity index (χ1v) is 9.26. The third-order valence-electron chi connectivity index (χ3n) is 5.61. The molecule has 0 aliphatic carbocycles. The van der Waals surface area contributed by atoms with Crippen LogP contribution in [0.1, 0.15) is 45.4 Å². The number of rotatable bonds is 7. The summed E-state index contributed by atoms with van der Waals surface area (Å²) in [5, 5.41) is 6.50. The molecule has 0 aromatic heterocycles. The van der Waals surface area contributed by atoms with Crippen LogP contribution < -0.4 is 10.6 Å². The van der Waals surface area contributed by atoms with E-state index < -0.39 is 0 Å². The SMILES string of the molecule is COCC1(CNC(=O)CCC2CCN(C(C)=O)CC2)CCNCC1. The van der Waals surface area contributed by atoms with Gasteiger partial charge in [-0.15, -0.1) is 0 Å². The summed E-state index contributed by atoms with van der Waals surface area (Å²) in [4.78, 5) is 25.5. The van der Waals surface area contributed by atoms with E-state index in [2.05, 4.69) is 10.6 Å². The monoisotopic (exact) mass is 339 g/mol. The molecular weight excluding hydrogens is 306 g/mol. The van der Waals surface area contributed by atoms with Crippen molar-refractivity contribution >= 4 is 11.8 Å². The average Bonchev–Trinajstić information content (AvgIpc) is 2.60. The quantitative estimate of drug-likeness (QED) is 0.730. The molecule has 24 heavy (non-hydrogen) atoms. The van der Waals surface area contributed by atoms with E-state index in [9.17, 15) is 9.59 Å². The first-order chi connectivity index (χ1) is 11.5. The normalized spacial score (nSPS) is 21.5. The van der Waals surface area contributed by atoms with Crippen LogP contribution in [0.4, 0.5) is 0 Å². The van der Waals surface area contributed by atoms with Gasteiger partial charge in [-0.25, -0.2) is 0 Å². The molecule has 2 heterocycles. The topological polar surface area (TPSA) is 70.7 Å². The number of amides is 2. The van der Waals surface area contributed by atoms with E-state index in [-0.39, 0.29) is 17.2 Å². The van der Waals surface area contributed by atoms with Gasteiger partial charge < -0.3 is 20.3 Å². The van der Waals surface area contributed by atoms with Gasteiger partial charge in [0.1, 0.15) is 0 Å². The van der Waals surface area contributed by atoms with Gasteiger partial charge in [0, 0.05) is 45.5 Å². The second-order valence-electron chi connectivity index (χ2n) is 7.45. The molecule has 0 saturated carbocycles. The van der Waals surface area contributed by atoms with Crippen molar-refractivity contribution in [1.82, 2.24) is 15.5 Å². The predicted octanol–water partition coefficient (Wildman–Crippen LogP) is 1.16. The smallest absolute Gasteiger partial charge is 0.220 e. The van der Waals surface area contributed by atoms with Crippen LogP contribution in [-0.2, 0) is 14.3 Å².